The van der Waals surface area contributed by atoms with Crippen LogP contribution in [0, 0.1) is 0 Å². The Hall–Kier alpha value is -1.03. The highest BCUT2D eigenvalue weighted by molar-refractivity contribution is 5.69. The highest BCUT2D eigenvalue weighted by atomic mass is 16.6. The van der Waals surface area contributed by atoms with Gasteiger partial charge in [0.25, 0.3) is 0 Å². The lowest BCUT2D eigenvalue weighted by Crippen LogP contribution is -2.40. The molecule has 2 N–H and O–H groups in total. The predicted molar refractivity (Wildman–Crippen MR) is 68.8 cm³/mol. The zero-order chi connectivity index (χ0) is 13.1. The van der Waals surface area contributed by atoms with Crippen molar-refractivity contribution in [3.8, 4) is 0 Å². The first-order valence-electron chi connectivity index (χ1n) is 6.22. The van der Waals surface area contributed by atoms with E-state index in [1.165, 1.54) is 0 Å². The number of ether oxygens (including phenoxy) is 1. The molecule has 0 saturated carbocycles. The van der Waals surface area contributed by atoms with Gasteiger partial charge in [0.2, 0.25) is 0 Å². The number of rotatable bonds is 3. The zero-order valence-electron chi connectivity index (χ0n) is 11.2. The third-order valence-corrected chi connectivity index (χ3v) is 2.82. The number of amides is 1. The van der Waals surface area contributed by atoms with Crippen LogP contribution in [0.1, 0.15) is 40.0 Å². The summed E-state index contributed by atoms with van der Waals surface area (Å²) < 4.78 is 5.39. The van der Waals surface area contributed by atoms with Gasteiger partial charge in [0.05, 0.1) is 6.04 Å². The molecule has 0 aromatic heterocycles. The molecular weight excluding hydrogens is 216 g/mol. The molecule has 1 fully saturated rings. The topological polar surface area (TPSA) is 55.6 Å². The maximum Gasteiger partial charge on any atom is 0.410 e. The minimum Gasteiger partial charge on any atom is -0.444 e. The van der Waals surface area contributed by atoms with Gasteiger partial charge in [-0.05, 0) is 46.6 Å². The monoisotopic (exact) mass is 240 g/mol. The number of carbonyl (C=O) groups excluding carboxylic acids is 1. The summed E-state index contributed by atoms with van der Waals surface area (Å²) in [7, 11) is 0. The quantitative estimate of drug-likeness (QED) is 0.770. The van der Waals surface area contributed by atoms with Crippen LogP contribution in [0.15, 0.2) is 12.2 Å². The first-order chi connectivity index (χ1) is 7.85. The van der Waals surface area contributed by atoms with Crippen molar-refractivity contribution in [3.05, 3.63) is 12.2 Å². The van der Waals surface area contributed by atoms with Gasteiger partial charge >= 0.3 is 6.09 Å². The number of carbonyl (C=O) groups is 1. The van der Waals surface area contributed by atoms with Crippen molar-refractivity contribution < 1.29 is 9.53 Å². The predicted octanol–water partition coefficient (Wildman–Crippen LogP) is 2.29. The summed E-state index contributed by atoms with van der Waals surface area (Å²) in [5.41, 5.74) is 6.12. The summed E-state index contributed by atoms with van der Waals surface area (Å²) in [6.07, 6.45) is 2.51. The van der Waals surface area contributed by atoms with E-state index in [4.69, 9.17) is 10.5 Å². The molecule has 0 spiro atoms. The van der Waals surface area contributed by atoms with Gasteiger partial charge in [0.15, 0.2) is 0 Å². The molecule has 1 heterocycles. The van der Waals surface area contributed by atoms with E-state index in [9.17, 15) is 4.79 Å². The van der Waals surface area contributed by atoms with Crippen LogP contribution < -0.4 is 5.73 Å². The molecule has 1 aliphatic rings. The largest absolute Gasteiger partial charge is 0.444 e. The van der Waals surface area contributed by atoms with Crippen LogP contribution >= 0.6 is 0 Å². The Morgan fingerprint density at radius 3 is 2.71 bits per heavy atom. The van der Waals surface area contributed by atoms with Gasteiger partial charge in [-0.3, -0.25) is 0 Å². The third kappa shape index (κ3) is 4.04. The number of hydrogen-bond donors (Lipinski definition) is 1. The molecule has 1 unspecified atom stereocenters. The molecular formula is C13H24N2O2. The maximum atomic E-state index is 12.0. The Bertz CT molecular complexity index is 294. The highest BCUT2D eigenvalue weighted by Gasteiger charge is 2.33. The van der Waals surface area contributed by atoms with E-state index in [0.717, 1.165) is 31.4 Å². The van der Waals surface area contributed by atoms with Crippen molar-refractivity contribution in [2.75, 3.05) is 13.1 Å². The molecule has 1 rings (SSSR count). The van der Waals surface area contributed by atoms with E-state index in [1.807, 2.05) is 20.8 Å². The minimum atomic E-state index is -0.445. The lowest BCUT2D eigenvalue weighted by molar-refractivity contribution is 0.0247. The first-order valence-corrected chi connectivity index (χ1v) is 6.22. The number of nitrogens with zero attached hydrogens (tertiary/aromatic N) is 1. The highest BCUT2D eigenvalue weighted by Crippen LogP contribution is 2.26. The van der Waals surface area contributed by atoms with Crippen LogP contribution in [0.25, 0.3) is 0 Å². The second kappa shape index (κ2) is 5.54. The summed E-state index contributed by atoms with van der Waals surface area (Å²) in [6, 6.07) is 0.105. The van der Waals surface area contributed by atoms with Gasteiger partial charge in [0, 0.05) is 6.54 Å². The van der Waals surface area contributed by atoms with Crippen LogP contribution in [-0.4, -0.2) is 35.7 Å². The molecule has 1 atom stereocenters. The Morgan fingerprint density at radius 1 is 1.53 bits per heavy atom. The van der Waals surface area contributed by atoms with E-state index in [0.29, 0.717) is 6.54 Å². The van der Waals surface area contributed by atoms with E-state index in [2.05, 4.69) is 6.58 Å². The molecule has 17 heavy (non-hydrogen) atoms. The van der Waals surface area contributed by atoms with Crippen LogP contribution in [0.2, 0.25) is 0 Å². The maximum absolute atomic E-state index is 12.0. The van der Waals surface area contributed by atoms with E-state index >= 15 is 0 Å². The number of likely N-dealkylation sites (tertiary alicyclic amines) is 1. The van der Waals surface area contributed by atoms with Gasteiger partial charge in [-0.15, -0.1) is 0 Å². The molecule has 1 aliphatic heterocycles. The molecule has 1 saturated heterocycles. The SMILES string of the molecule is C=C(CCN)C1CCCN1C(=O)OC(C)(C)C. The Morgan fingerprint density at radius 2 is 2.18 bits per heavy atom. The summed E-state index contributed by atoms with van der Waals surface area (Å²) in [4.78, 5) is 13.8. The number of nitrogens with two attached hydrogens (primary N) is 1. The van der Waals surface area contributed by atoms with Crippen LogP contribution in [0.4, 0.5) is 4.79 Å². The average molecular weight is 240 g/mol. The van der Waals surface area contributed by atoms with E-state index in [1.54, 1.807) is 4.90 Å². The van der Waals surface area contributed by atoms with Crippen LogP contribution in [-0.2, 0) is 4.74 Å². The molecule has 0 aliphatic carbocycles. The van der Waals surface area contributed by atoms with Crippen molar-refractivity contribution in [2.24, 2.45) is 5.73 Å². The lowest BCUT2D eigenvalue weighted by Gasteiger charge is -2.29. The van der Waals surface area contributed by atoms with Crippen LogP contribution in [0.3, 0.4) is 0 Å². The molecule has 0 aromatic rings. The summed E-state index contributed by atoms with van der Waals surface area (Å²) in [5.74, 6) is 0. The summed E-state index contributed by atoms with van der Waals surface area (Å²) in [5, 5.41) is 0. The molecule has 0 radical (unpaired) electrons. The minimum absolute atomic E-state index is 0.105. The normalized spacial score (nSPS) is 20.5. The van der Waals surface area contributed by atoms with Gasteiger partial charge in [-0.25, -0.2) is 4.79 Å². The third-order valence-electron chi connectivity index (χ3n) is 2.82. The molecule has 0 aromatic carbocycles. The molecule has 0 bridgehead atoms. The van der Waals surface area contributed by atoms with Gasteiger partial charge in [-0.2, -0.15) is 0 Å². The van der Waals surface area contributed by atoms with E-state index < -0.39 is 5.60 Å². The van der Waals surface area contributed by atoms with Gasteiger partial charge < -0.3 is 15.4 Å². The van der Waals surface area contributed by atoms with Crippen LogP contribution in [0.5, 0.6) is 0 Å². The fourth-order valence-electron chi connectivity index (χ4n) is 2.08. The van der Waals surface area contributed by atoms with Gasteiger partial charge in [0.1, 0.15) is 5.60 Å². The van der Waals surface area contributed by atoms with Crippen molar-refractivity contribution in [2.45, 2.75) is 51.7 Å². The Kier molecular flexibility index (Phi) is 4.57. The Balaban J connectivity index is 2.63. The van der Waals surface area contributed by atoms with Crippen molar-refractivity contribution >= 4 is 6.09 Å². The van der Waals surface area contributed by atoms with Crippen molar-refractivity contribution in [1.82, 2.24) is 4.90 Å². The number of hydrogen-bond acceptors (Lipinski definition) is 3. The lowest BCUT2D eigenvalue weighted by atomic mass is 10.0. The second-order valence-corrected chi connectivity index (χ2v) is 5.53. The summed E-state index contributed by atoms with van der Waals surface area (Å²) in [6.45, 7) is 11.0. The fraction of sp³-hybridized carbons (Fsp3) is 0.769. The smallest absolute Gasteiger partial charge is 0.410 e. The fourth-order valence-corrected chi connectivity index (χ4v) is 2.08. The molecule has 4 nitrogen and oxygen atoms in total. The molecule has 4 heteroatoms. The van der Waals surface area contributed by atoms with Crippen molar-refractivity contribution in [1.29, 1.82) is 0 Å². The summed E-state index contributed by atoms with van der Waals surface area (Å²) >= 11 is 0. The molecule has 1 amide bonds. The molecule has 98 valence electrons. The second-order valence-electron chi connectivity index (χ2n) is 5.53. The average Bonchev–Trinajstić information content (AvgIpc) is 2.63. The van der Waals surface area contributed by atoms with Crippen molar-refractivity contribution in [3.63, 3.8) is 0 Å². The van der Waals surface area contributed by atoms with Gasteiger partial charge in [-0.1, -0.05) is 12.2 Å². The standard InChI is InChI=1S/C13H24N2O2/c1-10(7-8-14)11-6-5-9-15(11)12(16)17-13(2,3)4/h11H,1,5-9,14H2,2-4H3. The Labute approximate surface area is 104 Å². The van der Waals surface area contributed by atoms with E-state index in [-0.39, 0.29) is 12.1 Å². The zero-order valence-corrected chi connectivity index (χ0v) is 11.2. The first kappa shape index (κ1) is 14.0.